The lowest BCUT2D eigenvalue weighted by molar-refractivity contribution is 0.376. The number of aryl methyl sites for hydroxylation is 1. The van der Waals surface area contributed by atoms with Crippen molar-refractivity contribution in [1.82, 2.24) is 0 Å². The van der Waals surface area contributed by atoms with E-state index in [-0.39, 0.29) is 0 Å². The molecule has 2 aromatic rings. The molecule has 0 amide bonds. The molecule has 0 aliphatic carbocycles. The van der Waals surface area contributed by atoms with E-state index in [1.807, 2.05) is 61.5 Å². The number of benzene rings is 2. The number of nitrogens with one attached hydrogen (secondary N) is 1. The molecule has 2 rings (SSSR count). The van der Waals surface area contributed by atoms with Gasteiger partial charge in [0, 0.05) is 0 Å². The molecule has 86 valence electrons. The number of ether oxygens (including phenoxy) is 1. The minimum absolute atomic E-state index is 0.299. The van der Waals surface area contributed by atoms with Crippen molar-refractivity contribution < 1.29 is 4.74 Å². The van der Waals surface area contributed by atoms with Crippen LogP contribution in [0.2, 0.25) is 0 Å². The molecule has 0 radical (unpaired) electrons. The minimum atomic E-state index is 0.299. The maximum Gasteiger partial charge on any atom is 0.130 e. The van der Waals surface area contributed by atoms with Gasteiger partial charge in [0.2, 0.25) is 0 Å². The maximum absolute atomic E-state index is 7.90. The third-order valence-corrected chi connectivity index (χ3v) is 2.53. The summed E-state index contributed by atoms with van der Waals surface area (Å²) in [5.41, 5.74) is 2.60. The highest BCUT2D eigenvalue weighted by Crippen LogP contribution is 2.12. The lowest BCUT2D eigenvalue weighted by Crippen LogP contribution is -2.11. The molecule has 0 aromatic heterocycles. The molecule has 0 aliphatic heterocycles. The van der Waals surface area contributed by atoms with Crippen LogP contribution in [0.4, 0.5) is 0 Å². The smallest absolute Gasteiger partial charge is 0.130 e. The average Bonchev–Trinajstić information content (AvgIpc) is 2.39. The van der Waals surface area contributed by atoms with E-state index in [0.29, 0.717) is 12.3 Å². The van der Waals surface area contributed by atoms with E-state index >= 15 is 0 Å². The second kappa shape index (κ2) is 5.30. The van der Waals surface area contributed by atoms with Crippen molar-refractivity contribution in [1.29, 1.82) is 5.41 Å². The van der Waals surface area contributed by atoms with Crippen molar-refractivity contribution >= 4 is 5.71 Å². The topological polar surface area (TPSA) is 33.1 Å². The van der Waals surface area contributed by atoms with Gasteiger partial charge >= 0.3 is 0 Å². The van der Waals surface area contributed by atoms with E-state index in [1.54, 1.807) is 0 Å². The standard InChI is InChI=1S/C15H15NO/c1-12-7-9-14(10-8-12)17-11-15(16)13-5-3-2-4-6-13/h2-10,16H,11H2,1H3. The maximum atomic E-state index is 7.90. The van der Waals surface area contributed by atoms with Gasteiger partial charge in [-0.25, -0.2) is 0 Å². The van der Waals surface area contributed by atoms with Crippen LogP contribution >= 0.6 is 0 Å². The normalized spacial score (nSPS) is 9.94. The lowest BCUT2D eigenvalue weighted by Gasteiger charge is -2.07. The van der Waals surface area contributed by atoms with Gasteiger partial charge in [-0.05, 0) is 24.6 Å². The fourth-order valence-corrected chi connectivity index (χ4v) is 1.51. The molecular weight excluding hydrogens is 210 g/mol. The molecule has 1 N–H and O–H groups in total. The highest BCUT2D eigenvalue weighted by Gasteiger charge is 2.01. The Labute approximate surface area is 101 Å². The Morgan fingerprint density at radius 3 is 2.29 bits per heavy atom. The first-order valence-electron chi connectivity index (χ1n) is 5.58. The molecule has 2 aromatic carbocycles. The lowest BCUT2D eigenvalue weighted by atomic mass is 10.1. The van der Waals surface area contributed by atoms with Crippen LogP contribution in [-0.4, -0.2) is 12.3 Å². The molecule has 0 atom stereocenters. The largest absolute Gasteiger partial charge is 0.487 e. The van der Waals surface area contributed by atoms with Gasteiger partial charge in [0.05, 0.1) is 5.71 Å². The summed E-state index contributed by atoms with van der Waals surface area (Å²) >= 11 is 0. The van der Waals surface area contributed by atoms with E-state index in [0.717, 1.165) is 11.3 Å². The summed E-state index contributed by atoms with van der Waals surface area (Å²) in [5, 5.41) is 7.90. The predicted octanol–water partition coefficient (Wildman–Crippen LogP) is 3.44. The third-order valence-electron chi connectivity index (χ3n) is 2.53. The molecule has 0 saturated heterocycles. The zero-order valence-electron chi connectivity index (χ0n) is 9.81. The molecule has 0 unspecified atom stereocenters. The Balaban J connectivity index is 1.95. The van der Waals surface area contributed by atoms with Gasteiger partial charge < -0.3 is 10.1 Å². The van der Waals surface area contributed by atoms with Gasteiger partial charge in [-0.15, -0.1) is 0 Å². The Bertz CT molecular complexity index is 488. The van der Waals surface area contributed by atoms with Crippen LogP contribution in [0.25, 0.3) is 0 Å². The Hall–Kier alpha value is -2.09. The van der Waals surface area contributed by atoms with Crippen LogP contribution in [0.15, 0.2) is 54.6 Å². The molecule has 2 nitrogen and oxygen atoms in total. The van der Waals surface area contributed by atoms with E-state index in [9.17, 15) is 0 Å². The molecule has 0 heterocycles. The fourth-order valence-electron chi connectivity index (χ4n) is 1.51. The van der Waals surface area contributed by atoms with Gasteiger partial charge in [0.15, 0.2) is 0 Å². The molecule has 2 heteroatoms. The van der Waals surface area contributed by atoms with Crippen molar-refractivity contribution in [2.24, 2.45) is 0 Å². The van der Waals surface area contributed by atoms with Gasteiger partial charge in [-0.2, -0.15) is 0 Å². The summed E-state index contributed by atoms with van der Waals surface area (Å²) in [5.74, 6) is 0.802. The highest BCUT2D eigenvalue weighted by molar-refractivity contribution is 5.99. The predicted molar refractivity (Wildman–Crippen MR) is 69.9 cm³/mol. The summed E-state index contributed by atoms with van der Waals surface area (Å²) in [4.78, 5) is 0. The number of hydrogen-bond donors (Lipinski definition) is 1. The van der Waals surface area contributed by atoms with E-state index < -0.39 is 0 Å². The van der Waals surface area contributed by atoms with Crippen LogP contribution in [0, 0.1) is 12.3 Å². The molecular formula is C15H15NO. The molecule has 0 bridgehead atoms. The first-order valence-corrected chi connectivity index (χ1v) is 5.58. The van der Waals surface area contributed by atoms with Crippen molar-refractivity contribution in [3.63, 3.8) is 0 Å². The van der Waals surface area contributed by atoms with Crippen molar-refractivity contribution in [2.45, 2.75) is 6.92 Å². The SMILES string of the molecule is Cc1ccc(OCC(=N)c2ccccc2)cc1. The second-order valence-corrected chi connectivity index (χ2v) is 3.95. The fraction of sp³-hybridized carbons (Fsp3) is 0.133. The van der Waals surface area contributed by atoms with Crippen molar-refractivity contribution in [2.75, 3.05) is 6.61 Å². The minimum Gasteiger partial charge on any atom is -0.487 e. The summed E-state index contributed by atoms with van der Waals surface area (Å²) in [6, 6.07) is 17.5. The molecule has 0 spiro atoms. The zero-order chi connectivity index (χ0) is 12.1. The summed E-state index contributed by atoms with van der Waals surface area (Å²) in [6.45, 7) is 2.34. The molecule has 17 heavy (non-hydrogen) atoms. The van der Waals surface area contributed by atoms with E-state index in [1.165, 1.54) is 5.56 Å². The molecule has 0 saturated carbocycles. The first-order chi connectivity index (χ1) is 8.25. The average molecular weight is 225 g/mol. The number of rotatable bonds is 4. The van der Waals surface area contributed by atoms with Crippen molar-refractivity contribution in [3.05, 3.63) is 65.7 Å². The van der Waals surface area contributed by atoms with Crippen LogP contribution in [0.3, 0.4) is 0 Å². The van der Waals surface area contributed by atoms with Gasteiger partial charge in [-0.1, -0.05) is 48.0 Å². The van der Waals surface area contributed by atoms with Gasteiger partial charge in [-0.3, -0.25) is 0 Å². The first kappa shape index (κ1) is 11.4. The zero-order valence-corrected chi connectivity index (χ0v) is 9.81. The molecule has 0 fully saturated rings. The third kappa shape index (κ3) is 3.18. The summed E-state index contributed by atoms with van der Waals surface area (Å²) in [7, 11) is 0. The van der Waals surface area contributed by atoms with Gasteiger partial charge in [0.1, 0.15) is 12.4 Å². The Morgan fingerprint density at radius 1 is 1.00 bits per heavy atom. The summed E-state index contributed by atoms with van der Waals surface area (Å²) in [6.07, 6.45) is 0. The van der Waals surface area contributed by atoms with E-state index in [4.69, 9.17) is 10.1 Å². The molecule has 0 aliphatic rings. The van der Waals surface area contributed by atoms with Crippen LogP contribution < -0.4 is 4.74 Å². The monoisotopic (exact) mass is 225 g/mol. The Kier molecular flexibility index (Phi) is 3.55. The van der Waals surface area contributed by atoms with Crippen LogP contribution in [0.5, 0.6) is 5.75 Å². The summed E-state index contributed by atoms with van der Waals surface area (Å²) < 4.78 is 5.55. The van der Waals surface area contributed by atoms with Crippen molar-refractivity contribution in [3.8, 4) is 5.75 Å². The van der Waals surface area contributed by atoms with Crippen LogP contribution in [0.1, 0.15) is 11.1 Å². The quantitative estimate of drug-likeness (QED) is 0.794. The van der Waals surface area contributed by atoms with Crippen LogP contribution in [-0.2, 0) is 0 Å². The van der Waals surface area contributed by atoms with Gasteiger partial charge in [0.25, 0.3) is 0 Å². The number of hydrogen-bond acceptors (Lipinski definition) is 2. The van der Waals surface area contributed by atoms with E-state index in [2.05, 4.69) is 0 Å². The Morgan fingerprint density at radius 2 is 1.65 bits per heavy atom. The second-order valence-electron chi connectivity index (χ2n) is 3.95. The highest BCUT2D eigenvalue weighted by atomic mass is 16.5.